The van der Waals surface area contributed by atoms with Crippen LogP contribution in [-0.2, 0) is 0 Å². The second-order valence-corrected chi connectivity index (χ2v) is 5.80. The third-order valence-corrected chi connectivity index (χ3v) is 2.94. The number of amides is 1. The Bertz CT molecular complexity index is 431. The van der Waals surface area contributed by atoms with Gasteiger partial charge in [0.1, 0.15) is 5.69 Å². The minimum absolute atomic E-state index is 0.108. The molecule has 2 rings (SSSR count). The molecule has 0 saturated carbocycles. The summed E-state index contributed by atoms with van der Waals surface area (Å²) < 4.78 is 0. The number of nitrogens with zero attached hydrogens (tertiary/aromatic N) is 2. The van der Waals surface area contributed by atoms with Gasteiger partial charge in [0.15, 0.2) is 0 Å². The molecule has 1 saturated heterocycles. The maximum absolute atomic E-state index is 12.0. The highest BCUT2D eigenvalue weighted by Crippen LogP contribution is 2.20. The van der Waals surface area contributed by atoms with E-state index < -0.39 is 0 Å². The molecular weight excluding hydrogens is 226 g/mol. The fraction of sp³-hybridized carbons (Fsp3) is 0.571. The number of aromatic nitrogens is 1. The van der Waals surface area contributed by atoms with E-state index in [1.165, 1.54) is 12.8 Å². The molecule has 1 N–H and O–H groups in total. The number of nitrogens with one attached hydrogen (secondary N) is 1. The Morgan fingerprint density at radius 2 is 2.00 bits per heavy atom. The summed E-state index contributed by atoms with van der Waals surface area (Å²) in [5, 5.41) is 2.93. The zero-order valence-electron chi connectivity index (χ0n) is 11.4. The van der Waals surface area contributed by atoms with Crippen molar-refractivity contribution in [1.29, 1.82) is 0 Å². The van der Waals surface area contributed by atoms with Crippen molar-refractivity contribution in [2.75, 3.05) is 18.0 Å². The molecule has 2 heterocycles. The van der Waals surface area contributed by atoms with Crippen LogP contribution in [-0.4, -0.2) is 29.5 Å². The molecule has 1 aromatic heterocycles. The lowest BCUT2D eigenvalue weighted by atomic mass is 10.1. The van der Waals surface area contributed by atoms with Crippen molar-refractivity contribution in [3.05, 3.63) is 24.0 Å². The maximum atomic E-state index is 12.0. The molecule has 1 aliphatic rings. The fourth-order valence-electron chi connectivity index (χ4n) is 2.12. The number of anilines is 1. The number of rotatable bonds is 2. The van der Waals surface area contributed by atoms with Crippen LogP contribution in [0.5, 0.6) is 0 Å². The van der Waals surface area contributed by atoms with Crippen LogP contribution in [0.15, 0.2) is 18.3 Å². The summed E-state index contributed by atoms with van der Waals surface area (Å²) >= 11 is 0. The highest BCUT2D eigenvalue weighted by molar-refractivity contribution is 5.93. The van der Waals surface area contributed by atoms with Crippen molar-refractivity contribution in [3.8, 4) is 0 Å². The summed E-state index contributed by atoms with van der Waals surface area (Å²) in [5.41, 5.74) is 1.36. The molecule has 1 aromatic rings. The van der Waals surface area contributed by atoms with Gasteiger partial charge in [-0.15, -0.1) is 0 Å². The number of carbonyl (C=O) groups is 1. The SMILES string of the molecule is CC(C)(C)NC(=O)c1cc(N2CCCC2)ccn1. The molecule has 0 aliphatic carbocycles. The predicted molar refractivity (Wildman–Crippen MR) is 72.9 cm³/mol. The van der Waals surface area contributed by atoms with E-state index in [1.807, 2.05) is 32.9 Å². The first-order valence-electron chi connectivity index (χ1n) is 6.49. The molecule has 0 aromatic carbocycles. The van der Waals surface area contributed by atoms with Gasteiger partial charge in [0, 0.05) is 30.5 Å². The van der Waals surface area contributed by atoms with Gasteiger partial charge < -0.3 is 10.2 Å². The molecular formula is C14H21N3O. The van der Waals surface area contributed by atoms with Gasteiger partial charge in [0.25, 0.3) is 5.91 Å². The molecule has 0 bridgehead atoms. The van der Waals surface area contributed by atoms with Gasteiger partial charge in [-0.3, -0.25) is 9.78 Å². The quantitative estimate of drug-likeness (QED) is 0.871. The molecule has 0 radical (unpaired) electrons. The maximum Gasteiger partial charge on any atom is 0.270 e. The monoisotopic (exact) mass is 247 g/mol. The fourth-order valence-corrected chi connectivity index (χ4v) is 2.12. The summed E-state index contributed by atoms with van der Waals surface area (Å²) in [7, 11) is 0. The number of pyridine rings is 1. The summed E-state index contributed by atoms with van der Waals surface area (Å²) in [5.74, 6) is -0.108. The molecule has 98 valence electrons. The third-order valence-electron chi connectivity index (χ3n) is 2.94. The van der Waals surface area contributed by atoms with Crippen molar-refractivity contribution in [1.82, 2.24) is 10.3 Å². The van der Waals surface area contributed by atoms with Crippen molar-refractivity contribution >= 4 is 11.6 Å². The van der Waals surface area contributed by atoms with Gasteiger partial charge in [-0.2, -0.15) is 0 Å². The average Bonchev–Trinajstić information content (AvgIpc) is 2.80. The van der Waals surface area contributed by atoms with Gasteiger partial charge >= 0.3 is 0 Å². The first-order valence-corrected chi connectivity index (χ1v) is 6.49. The van der Waals surface area contributed by atoms with Crippen LogP contribution in [0.25, 0.3) is 0 Å². The van der Waals surface area contributed by atoms with E-state index in [2.05, 4.69) is 15.2 Å². The smallest absolute Gasteiger partial charge is 0.270 e. The zero-order chi connectivity index (χ0) is 13.2. The second-order valence-electron chi connectivity index (χ2n) is 5.80. The van der Waals surface area contributed by atoms with E-state index >= 15 is 0 Å². The largest absolute Gasteiger partial charge is 0.371 e. The summed E-state index contributed by atoms with van der Waals surface area (Å²) in [6.45, 7) is 8.05. The van der Waals surface area contributed by atoms with E-state index in [0.717, 1.165) is 18.8 Å². The van der Waals surface area contributed by atoms with Crippen LogP contribution < -0.4 is 10.2 Å². The van der Waals surface area contributed by atoms with Crippen molar-refractivity contribution in [2.45, 2.75) is 39.2 Å². The minimum atomic E-state index is -0.234. The van der Waals surface area contributed by atoms with E-state index in [-0.39, 0.29) is 11.4 Å². The first kappa shape index (κ1) is 12.9. The Morgan fingerprint density at radius 1 is 1.33 bits per heavy atom. The van der Waals surface area contributed by atoms with Crippen molar-refractivity contribution in [3.63, 3.8) is 0 Å². The van der Waals surface area contributed by atoms with Crippen LogP contribution in [0.3, 0.4) is 0 Å². The first-order chi connectivity index (χ1) is 8.46. The van der Waals surface area contributed by atoms with E-state index in [9.17, 15) is 4.79 Å². The molecule has 0 spiro atoms. The minimum Gasteiger partial charge on any atom is -0.371 e. The lowest BCUT2D eigenvalue weighted by Gasteiger charge is -2.21. The molecule has 4 nitrogen and oxygen atoms in total. The Morgan fingerprint density at radius 3 is 2.61 bits per heavy atom. The Hall–Kier alpha value is -1.58. The topological polar surface area (TPSA) is 45.2 Å². The lowest BCUT2D eigenvalue weighted by Crippen LogP contribution is -2.41. The Kier molecular flexibility index (Phi) is 3.55. The Labute approximate surface area is 108 Å². The predicted octanol–water partition coefficient (Wildman–Crippen LogP) is 2.21. The third kappa shape index (κ3) is 3.22. The van der Waals surface area contributed by atoms with Gasteiger partial charge in [-0.05, 0) is 45.7 Å². The van der Waals surface area contributed by atoms with E-state index in [1.54, 1.807) is 6.20 Å². The van der Waals surface area contributed by atoms with E-state index in [4.69, 9.17) is 0 Å². The van der Waals surface area contributed by atoms with Crippen molar-refractivity contribution < 1.29 is 4.79 Å². The van der Waals surface area contributed by atoms with Crippen LogP contribution in [0.2, 0.25) is 0 Å². The molecule has 0 unspecified atom stereocenters. The van der Waals surface area contributed by atoms with E-state index in [0.29, 0.717) is 5.69 Å². The second kappa shape index (κ2) is 4.96. The highest BCUT2D eigenvalue weighted by Gasteiger charge is 2.18. The van der Waals surface area contributed by atoms with Crippen LogP contribution >= 0.6 is 0 Å². The summed E-state index contributed by atoms with van der Waals surface area (Å²) in [6.07, 6.45) is 4.17. The molecule has 1 amide bonds. The summed E-state index contributed by atoms with van der Waals surface area (Å²) in [4.78, 5) is 18.5. The normalized spacial score (nSPS) is 15.8. The van der Waals surface area contributed by atoms with Gasteiger partial charge in [-0.25, -0.2) is 0 Å². The van der Waals surface area contributed by atoms with Crippen LogP contribution in [0, 0.1) is 0 Å². The molecule has 4 heteroatoms. The molecule has 18 heavy (non-hydrogen) atoms. The Balaban J connectivity index is 2.14. The van der Waals surface area contributed by atoms with Gasteiger partial charge in [0.05, 0.1) is 0 Å². The number of hydrogen-bond donors (Lipinski definition) is 1. The number of hydrogen-bond acceptors (Lipinski definition) is 3. The summed E-state index contributed by atoms with van der Waals surface area (Å²) in [6, 6.07) is 3.85. The lowest BCUT2D eigenvalue weighted by molar-refractivity contribution is 0.0914. The number of carbonyl (C=O) groups excluding carboxylic acids is 1. The highest BCUT2D eigenvalue weighted by atomic mass is 16.2. The standard InChI is InChI=1S/C14H21N3O/c1-14(2,3)16-13(18)12-10-11(6-7-15-12)17-8-4-5-9-17/h6-7,10H,4-5,8-9H2,1-3H3,(H,16,18). The average molecular weight is 247 g/mol. The molecule has 1 aliphatic heterocycles. The molecule has 1 fully saturated rings. The van der Waals surface area contributed by atoms with Crippen molar-refractivity contribution in [2.24, 2.45) is 0 Å². The van der Waals surface area contributed by atoms with Crippen LogP contribution in [0.4, 0.5) is 5.69 Å². The molecule has 0 atom stereocenters. The van der Waals surface area contributed by atoms with Crippen LogP contribution in [0.1, 0.15) is 44.1 Å². The zero-order valence-corrected chi connectivity index (χ0v) is 11.4. The van der Waals surface area contributed by atoms with Gasteiger partial charge in [0.2, 0.25) is 0 Å². The van der Waals surface area contributed by atoms with Gasteiger partial charge in [-0.1, -0.05) is 0 Å².